The van der Waals surface area contributed by atoms with Crippen molar-refractivity contribution >= 4 is 27.5 Å². The molecule has 0 saturated carbocycles. The monoisotopic (exact) mass is 319 g/mol. The van der Waals surface area contributed by atoms with Gasteiger partial charge in [-0.1, -0.05) is 24.6 Å². The summed E-state index contributed by atoms with van der Waals surface area (Å²) in [5.74, 6) is -0.492. The molecule has 8 heteroatoms. The van der Waals surface area contributed by atoms with Crippen LogP contribution in [0.25, 0.3) is 0 Å². The van der Waals surface area contributed by atoms with Crippen LogP contribution in [0.4, 0.5) is 0 Å². The first-order valence-corrected chi connectivity index (χ1v) is 7.96. The van der Waals surface area contributed by atoms with Crippen LogP contribution < -0.4 is 15.8 Å². The maximum atomic E-state index is 11.9. The number of hydrogen-bond donors (Lipinski definition) is 3. The van der Waals surface area contributed by atoms with E-state index in [2.05, 4.69) is 10.0 Å². The van der Waals surface area contributed by atoms with Gasteiger partial charge in [0, 0.05) is 30.6 Å². The Hall–Kier alpha value is -1.15. The van der Waals surface area contributed by atoms with Gasteiger partial charge in [-0.25, -0.2) is 13.1 Å². The summed E-state index contributed by atoms with van der Waals surface area (Å²) in [4.78, 5) is 11.5. The van der Waals surface area contributed by atoms with Crippen molar-refractivity contribution < 1.29 is 13.2 Å². The van der Waals surface area contributed by atoms with Crippen molar-refractivity contribution in [2.45, 2.75) is 11.8 Å². The zero-order valence-electron chi connectivity index (χ0n) is 11.1. The van der Waals surface area contributed by atoms with Crippen molar-refractivity contribution in [1.29, 1.82) is 0 Å². The summed E-state index contributed by atoms with van der Waals surface area (Å²) in [5.41, 5.74) is 5.35. The van der Waals surface area contributed by atoms with E-state index in [4.69, 9.17) is 17.3 Å². The number of rotatable bonds is 7. The summed E-state index contributed by atoms with van der Waals surface area (Å²) >= 11 is 5.74. The molecule has 0 radical (unpaired) electrons. The average molecular weight is 320 g/mol. The van der Waals surface area contributed by atoms with Crippen LogP contribution in [0.5, 0.6) is 0 Å². The quantitative estimate of drug-likeness (QED) is 0.630. The molecule has 20 heavy (non-hydrogen) atoms. The van der Waals surface area contributed by atoms with E-state index in [1.54, 1.807) is 19.1 Å². The molecule has 0 saturated heterocycles. The third-order valence-electron chi connectivity index (χ3n) is 2.62. The van der Waals surface area contributed by atoms with Gasteiger partial charge in [0.2, 0.25) is 15.9 Å². The molecule has 0 spiro atoms. The van der Waals surface area contributed by atoms with Gasteiger partial charge in [-0.2, -0.15) is 0 Å². The highest BCUT2D eigenvalue weighted by Gasteiger charge is 2.14. The van der Waals surface area contributed by atoms with Crippen molar-refractivity contribution in [3.05, 3.63) is 29.3 Å². The minimum atomic E-state index is -3.62. The van der Waals surface area contributed by atoms with Gasteiger partial charge >= 0.3 is 0 Å². The Morgan fingerprint density at radius 1 is 1.40 bits per heavy atom. The lowest BCUT2D eigenvalue weighted by Crippen LogP contribution is -2.38. The Morgan fingerprint density at radius 3 is 2.70 bits per heavy atom. The van der Waals surface area contributed by atoms with Gasteiger partial charge in [-0.3, -0.25) is 4.79 Å². The molecule has 0 aliphatic carbocycles. The van der Waals surface area contributed by atoms with Crippen LogP contribution in [0.1, 0.15) is 6.92 Å². The summed E-state index contributed by atoms with van der Waals surface area (Å²) in [6.07, 6.45) is 0. The Labute approximate surface area is 123 Å². The molecule has 0 aliphatic rings. The van der Waals surface area contributed by atoms with Gasteiger partial charge in [-0.15, -0.1) is 0 Å². The van der Waals surface area contributed by atoms with Crippen LogP contribution in [-0.4, -0.2) is 34.0 Å². The van der Waals surface area contributed by atoms with Gasteiger partial charge in [0.1, 0.15) is 0 Å². The predicted molar refractivity (Wildman–Crippen MR) is 77.9 cm³/mol. The van der Waals surface area contributed by atoms with Gasteiger partial charge in [-0.05, 0) is 18.2 Å². The Bertz CT molecular complexity index is 563. The first-order chi connectivity index (χ1) is 9.36. The van der Waals surface area contributed by atoms with Gasteiger partial charge in [0.15, 0.2) is 0 Å². The van der Waals surface area contributed by atoms with Crippen molar-refractivity contribution in [2.75, 3.05) is 19.6 Å². The fourth-order valence-electron chi connectivity index (χ4n) is 1.37. The molecule has 1 aromatic carbocycles. The SMILES string of the molecule is CC(CN)C(=O)NCCNS(=O)(=O)c1cccc(Cl)c1. The van der Waals surface area contributed by atoms with Crippen LogP contribution >= 0.6 is 11.6 Å². The van der Waals surface area contributed by atoms with Crippen LogP contribution in [-0.2, 0) is 14.8 Å². The average Bonchev–Trinajstić information content (AvgIpc) is 2.42. The summed E-state index contributed by atoms with van der Waals surface area (Å²) in [7, 11) is -3.62. The van der Waals surface area contributed by atoms with E-state index in [0.717, 1.165) is 0 Å². The highest BCUT2D eigenvalue weighted by atomic mass is 35.5. The number of hydrogen-bond acceptors (Lipinski definition) is 4. The maximum absolute atomic E-state index is 11.9. The molecule has 112 valence electrons. The van der Waals surface area contributed by atoms with Crippen LogP contribution in [0.15, 0.2) is 29.2 Å². The Balaban J connectivity index is 2.47. The van der Waals surface area contributed by atoms with Gasteiger partial charge in [0.05, 0.1) is 4.90 Å². The number of benzene rings is 1. The van der Waals surface area contributed by atoms with Gasteiger partial charge < -0.3 is 11.1 Å². The molecule has 4 N–H and O–H groups in total. The van der Waals surface area contributed by atoms with Crippen molar-refractivity contribution in [2.24, 2.45) is 11.7 Å². The standard InChI is InChI=1S/C12H18ClN3O3S/c1-9(8-14)12(17)15-5-6-16-20(18,19)11-4-2-3-10(13)7-11/h2-4,7,9,16H,5-6,8,14H2,1H3,(H,15,17). The van der Waals surface area contributed by atoms with E-state index in [9.17, 15) is 13.2 Å². The molecule has 1 atom stereocenters. The summed E-state index contributed by atoms with van der Waals surface area (Å²) in [5, 5.41) is 2.94. The zero-order valence-corrected chi connectivity index (χ0v) is 12.7. The first kappa shape index (κ1) is 16.9. The minimum Gasteiger partial charge on any atom is -0.355 e. The fourth-order valence-corrected chi connectivity index (χ4v) is 2.70. The third kappa shape index (κ3) is 5.09. The lowest BCUT2D eigenvalue weighted by atomic mass is 10.2. The lowest BCUT2D eigenvalue weighted by Gasteiger charge is -2.11. The van der Waals surface area contributed by atoms with Crippen LogP contribution in [0.2, 0.25) is 5.02 Å². The van der Waals surface area contributed by atoms with Crippen molar-refractivity contribution in [3.63, 3.8) is 0 Å². The Kier molecular flexibility index (Phi) is 6.41. The molecule has 0 bridgehead atoms. The zero-order chi connectivity index (χ0) is 15.2. The summed E-state index contributed by atoms with van der Waals surface area (Å²) in [6, 6.07) is 5.96. The predicted octanol–water partition coefficient (Wildman–Crippen LogP) is 0.329. The molecule has 1 unspecified atom stereocenters. The summed E-state index contributed by atoms with van der Waals surface area (Å²) in [6.45, 7) is 2.24. The number of amides is 1. The number of halogens is 1. The molecule has 1 rings (SSSR count). The number of carbonyl (C=O) groups is 1. The van der Waals surface area contributed by atoms with E-state index >= 15 is 0 Å². The molecule has 6 nitrogen and oxygen atoms in total. The van der Waals surface area contributed by atoms with Crippen molar-refractivity contribution in [1.82, 2.24) is 10.0 Å². The molecular weight excluding hydrogens is 302 g/mol. The fraction of sp³-hybridized carbons (Fsp3) is 0.417. The number of carbonyl (C=O) groups excluding carboxylic acids is 1. The van der Waals surface area contributed by atoms with Crippen LogP contribution in [0.3, 0.4) is 0 Å². The Morgan fingerprint density at radius 2 is 2.10 bits per heavy atom. The first-order valence-electron chi connectivity index (χ1n) is 6.10. The van der Waals surface area contributed by atoms with E-state index in [0.29, 0.717) is 5.02 Å². The van der Waals surface area contributed by atoms with Crippen molar-refractivity contribution in [3.8, 4) is 0 Å². The molecule has 0 aromatic heterocycles. The van der Waals surface area contributed by atoms with E-state index in [-0.39, 0.29) is 36.4 Å². The third-order valence-corrected chi connectivity index (χ3v) is 4.32. The lowest BCUT2D eigenvalue weighted by molar-refractivity contribution is -0.124. The second-order valence-corrected chi connectivity index (χ2v) is 6.49. The van der Waals surface area contributed by atoms with Crippen LogP contribution in [0, 0.1) is 5.92 Å². The molecule has 1 aromatic rings. The van der Waals surface area contributed by atoms with E-state index < -0.39 is 10.0 Å². The maximum Gasteiger partial charge on any atom is 0.240 e. The summed E-state index contributed by atoms with van der Waals surface area (Å²) < 4.78 is 26.2. The molecule has 1 amide bonds. The number of nitrogens with one attached hydrogen (secondary N) is 2. The highest BCUT2D eigenvalue weighted by Crippen LogP contribution is 2.14. The second kappa shape index (κ2) is 7.58. The van der Waals surface area contributed by atoms with E-state index in [1.165, 1.54) is 12.1 Å². The van der Waals surface area contributed by atoms with E-state index in [1.807, 2.05) is 0 Å². The highest BCUT2D eigenvalue weighted by molar-refractivity contribution is 7.89. The largest absolute Gasteiger partial charge is 0.355 e. The number of sulfonamides is 1. The molecular formula is C12H18ClN3O3S. The smallest absolute Gasteiger partial charge is 0.240 e. The normalized spacial score (nSPS) is 12.9. The molecule has 0 aliphatic heterocycles. The molecule has 0 fully saturated rings. The van der Waals surface area contributed by atoms with Gasteiger partial charge in [0.25, 0.3) is 0 Å². The number of nitrogens with two attached hydrogens (primary N) is 1. The minimum absolute atomic E-state index is 0.0895. The topological polar surface area (TPSA) is 101 Å². The molecule has 0 heterocycles. The second-order valence-electron chi connectivity index (χ2n) is 4.28.